The number of amides is 2. The Bertz CT molecular complexity index is 1950. The number of carbonyl (C=O) groups is 4. The molecule has 0 aliphatic heterocycles. The van der Waals surface area contributed by atoms with E-state index in [-0.39, 0.29) is 29.8 Å². The van der Waals surface area contributed by atoms with Crippen LogP contribution in [0.3, 0.4) is 0 Å². The normalized spacial score (nSPS) is 14.5. The molecule has 11 heteroatoms. The van der Waals surface area contributed by atoms with Gasteiger partial charge in [0.15, 0.2) is 6.29 Å². The van der Waals surface area contributed by atoms with Crippen LogP contribution in [0.4, 0.5) is 11.4 Å². The maximum absolute atomic E-state index is 13.5. The van der Waals surface area contributed by atoms with Gasteiger partial charge in [0.1, 0.15) is 17.4 Å². The zero-order chi connectivity index (χ0) is 35.4. The Kier molecular flexibility index (Phi) is 10.4. The Morgan fingerprint density at radius 3 is 1.92 bits per heavy atom. The first-order valence-electron chi connectivity index (χ1n) is 17.0. The van der Waals surface area contributed by atoms with E-state index in [0.29, 0.717) is 35.3 Å². The van der Waals surface area contributed by atoms with Crippen molar-refractivity contribution in [1.82, 2.24) is 15.3 Å². The number of anilines is 2. The molecule has 2 aliphatic rings. The van der Waals surface area contributed by atoms with Crippen LogP contribution in [-0.4, -0.2) is 58.4 Å². The van der Waals surface area contributed by atoms with Crippen LogP contribution in [0.2, 0.25) is 0 Å². The molecule has 2 aromatic carbocycles. The summed E-state index contributed by atoms with van der Waals surface area (Å²) in [6, 6.07) is 14.1. The maximum Gasteiger partial charge on any atom is 0.325 e. The molecule has 50 heavy (non-hydrogen) atoms. The number of aromatic nitrogens is 2. The number of rotatable bonds is 14. The number of carbonyl (C=O) groups excluding carboxylic acids is 4. The molecule has 0 bridgehead atoms. The van der Waals surface area contributed by atoms with Gasteiger partial charge in [-0.3, -0.25) is 34.5 Å². The number of aldehydes is 1. The minimum absolute atomic E-state index is 0.224. The lowest BCUT2D eigenvalue weighted by atomic mass is 9.94. The van der Waals surface area contributed by atoms with Gasteiger partial charge in [-0.2, -0.15) is 0 Å². The molecule has 2 fully saturated rings. The quantitative estimate of drug-likeness (QED) is 0.0951. The standard InChI is InChI=1S/C39H41N5O6/c1-4-50-39(49)36(21-46)42-18-26-17-40-34(15-30(26)24-11-12-24)37(47)43-32-9-5-7-28(22(32)2)29-8-6-10-33(23(29)3)44-38(48)35-16-31(25-13-14-25)27(20-45)19-41-35/h5-10,15-17,19-20,24-25,36,42,46H,4,11-14,18,21H2,1-3H3,(H,43,47)(H,44,48)/t36-/m1/s1. The summed E-state index contributed by atoms with van der Waals surface area (Å²) in [6.45, 7) is 5.72. The maximum atomic E-state index is 13.5. The first kappa shape index (κ1) is 34.6. The molecular weight excluding hydrogens is 634 g/mol. The van der Waals surface area contributed by atoms with E-state index in [2.05, 4.69) is 25.9 Å². The van der Waals surface area contributed by atoms with Crippen LogP contribution in [0, 0.1) is 13.8 Å². The van der Waals surface area contributed by atoms with Crippen LogP contribution >= 0.6 is 0 Å². The number of pyridine rings is 2. The Morgan fingerprint density at radius 1 is 0.860 bits per heavy atom. The highest BCUT2D eigenvalue weighted by molar-refractivity contribution is 6.05. The molecule has 2 saturated carbocycles. The summed E-state index contributed by atoms with van der Waals surface area (Å²) < 4.78 is 5.03. The van der Waals surface area contributed by atoms with Crippen molar-refractivity contribution in [2.24, 2.45) is 0 Å². The van der Waals surface area contributed by atoms with Crippen molar-refractivity contribution in [1.29, 1.82) is 0 Å². The van der Waals surface area contributed by atoms with Gasteiger partial charge in [0.05, 0.1) is 13.2 Å². The van der Waals surface area contributed by atoms with Gasteiger partial charge in [-0.15, -0.1) is 0 Å². The number of nitrogens with zero attached hydrogens (tertiary/aromatic N) is 2. The fourth-order valence-electron chi connectivity index (χ4n) is 6.19. The first-order chi connectivity index (χ1) is 24.2. The van der Waals surface area contributed by atoms with Gasteiger partial charge in [-0.1, -0.05) is 24.3 Å². The molecular formula is C39H41N5O6. The van der Waals surface area contributed by atoms with Gasteiger partial charge in [0.2, 0.25) is 0 Å². The second kappa shape index (κ2) is 15.1. The average Bonchev–Trinajstić information content (AvgIpc) is 4.05. The fraction of sp³-hybridized carbons (Fsp3) is 0.333. The molecule has 6 rings (SSSR count). The molecule has 0 radical (unpaired) electrons. The lowest BCUT2D eigenvalue weighted by Gasteiger charge is -2.18. The third-order valence-electron chi connectivity index (χ3n) is 9.36. The number of hydrogen-bond donors (Lipinski definition) is 4. The third-order valence-corrected chi connectivity index (χ3v) is 9.36. The molecule has 0 saturated heterocycles. The summed E-state index contributed by atoms with van der Waals surface area (Å²) in [5.74, 6) is -0.605. The molecule has 1 atom stereocenters. The highest BCUT2D eigenvalue weighted by Gasteiger charge is 2.29. The predicted molar refractivity (Wildman–Crippen MR) is 189 cm³/mol. The van der Waals surface area contributed by atoms with Crippen molar-refractivity contribution in [2.75, 3.05) is 23.8 Å². The van der Waals surface area contributed by atoms with E-state index in [1.807, 2.05) is 56.3 Å². The summed E-state index contributed by atoms with van der Waals surface area (Å²) in [5.41, 5.74) is 8.57. The van der Waals surface area contributed by atoms with E-state index < -0.39 is 18.6 Å². The van der Waals surface area contributed by atoms with E-state index in [4.69, 9.17) is 4.74 Å². The van der Waals surface area contributed by atoms with Gasteiger partial charge in [-0.05, 0) is 121 Å². The van der Waals surface area contributed by atoms with Crippen LogP contribution in [0.25, 0.3) is 11.1 Å². The number of nitrogens with one attached hydrogen (secondary N) is 3. The zero-order valence-corrected chi connectivity index (χ0v) is 28.4. The molecule has 2 aromatic heterocycles. The summed E-state index contributed by atoms with van der Waals surface area (Å²) in [4.78, 5) is 59.1. The van der Waals surface area contributed by atoms with Gasteiger partial charge < -0.3 is 20.5 Å². The Labute approximate surface area is 290 Å². The van der Waals surface area contributed by atoms with Crippen molar-refractivity contribution in [3.05, 3.63) is 106 Å². The molecule has 2 amide bonds. The average molecular weight is 676 g/mol. The number of aliphatic hydroxyl groups excluding tert-OH is 1. The molecule has 258 valence electrons. The topological polar surface area (TPSA) is 160 Å². The SMILES string of the molecule is CCOC(=O)[C@@H](CO)NCc1cnc(C(=O)Nc2cccc(-c3cccc(NC(=O)c4cc(C5CC5)c(C=O)cn4)c3C)c2C)cc1C1CC1. The van der Waals surface area contributed by atoms with Gasteiger partial charge in [0.25, 0.3) is 11.8 Å². The monoisotopic (exact) mass is 675 g/mol. The summed E-state index contributed by atoms with van der Waals surface area (Å²) >= 11 is 0. The Morgan fingerprint density at radius 2 is 1.40 bits per heavy atom. The Hall–Kier alpha value is -5.26. The minimum Gasteiger partial charge on any atom is -0.465 e. The largest absolute Gasteiger partial charge is 0.465 e. The van der Waals surface area contributed by atoms with E-state index in [0.717, 1.165) is 70.9 Å². The molecule has 2 aliphatic carbocycles. The number of hydrogen-bond acceptors (Lipinski definition) is 9. The molecule has 0 unspecified atom stereocenters. The summed E-state index contributed by atoms with van der Waals surface area (Å²) in [5, 5.41) is 18.7. The molecule has 0 spiro atoms. The first-order valence-corrected chi connectivity index (χ1v) is 17.0. The lowest BCUT2D eigenvalue weighted by molar-refractivity contribution is -0.146. The van der Waals surface area contributed by atoms with Crippen LogP contribution in [0.1, 0.15) is 104 Å². The highest BCUT2D eigenvalue weighted by atomic mass is 16.5. The van der Waals surface area contributed by atoms with Crippen molar-refractivity contribution in [2.45, 2.75) is 70.9 Å². The number of benzene rings is 2. The summed E-state index contributed by atoms with van der Waals surface area (Å²) in [7, 11) is 0. The van der Waals surface area contributed by atoms with Gasteiger partial charge in [-0.25, -0.2) is 0 Å². The minimum atomic E-state index is -0.848. The highest BCUT2D eigenvalue weighted by Crippen LogP contribution is 2.43. The van der Waals surface area contributed by atoms with Gasteiger partial charge >= 0.3 is 5.97 Å². The fourth-order valence-corrected chi connectivity index (χ4v) is 6.19. The number of ether oxygens (including phenoxy) is 1. The summed E-state index contributed by atoms with van der Waals surface area (Å²) in [6.07, 6.45) is 7.92. The predicted octanol–water partition coefficient (Wildman–Crippen LogP) is 5.85. The number of aliphatic hydroxyl groups is 1. The van der Waals surface area contributed by atoms with Crippen LogP contribution in [-0.2, 0) is 16.1 Å². The van der Waals surface area contributed by atoms with Crippen LogP contribution in [0.15, 0.2) is 60.9 Å². The Balaban J connectivity index is 1.18. The van der Waals surface area contributed by atoms with E-state index in [1.54, 1.807) is 19.2 Å². The molecule has 11 nitrogen and oxygen atoms in total. The second-order valence-corrected chi connectivity index (χ2v) is 12.9. The molecule has 2 heterocycles. The number of esters is 1. The van der Waals surface area contributed by atoms with Crippen molar-refractivity contribution < 1.29 is 29.0 Å². The van der Waals surface area contributed by atoms with E-state index in [1.165, 1.54) is 6.20 Å². The van der Waals surface area contributed by atoms with E-state index >= 15 is 0 Å². The smallest absolute Gasteiger partial charge is 0.325 e. The zero-order valence-electron chi connectivity index (χ0n) is 28.4. The van der Waals surface area contributed by atoms with Crippen molar-refractivity contribution in [3.8, 4) is 11.1 Å². The van der Waals surface area contributed by atoms with Crippen molar-refractivity contribution in [3.63, 3.8) is 0 Å². The second-order valence-electron chi connectivity index (χ2n) is 12.9. The lowest BCUT2D eigenvalue weighted by Crippen LogP contribution is -2.40. The van der Waals surface area contributed by atoms with Crippen LogP contribution in [0.5, 0.6) is 0 Å². The van der Waals surface area contributed by atoms with Crippen LogP contribution < -0.4 is 16.0 Å². The third kappa shape index (κ3) is 7.64. The molecule has 4 aromatic rings. The molecule has 4 N–H and O–H groups in total. The van der Waals surface area contributed by atoms with E-state index in [9.17, 15) is 24.3 Å². The van der Waals surface area contributed by atoms with Gasteiger partial charge in [0, 0.05) is 35.9 Å². The van der Waals surface area contributed by atoms with Crippen molar-refractivity contribution >= 4 is 35.4 Å².